The topological polar surface area (TPSA) is 89.4 Å². The van der Waals surface area contributed by atoms with Crippen LogP contribution in [0.5, 0.6) is 5.75 Å². The summed E-state index contributed by atoms with van der Waals surface area (Å²) in [4.78, 5) is 38.7. The first kappa shape index (κ1) is 24.0. The van der Waals surface area contributed by atoms with Crippen LogP contribution in [0.4, 0.5) is 5.69 Å². The normalized spacial score (nSPS) is 10.7. The number of benzene rings is 3. The van der Waals surface area contributed by atoms with Gasteiger partial charge in [-0.25, -0.2) is 0 Å². The van der Waals surface area contributed by atoms with E-state index in [1.165, 1.54) is 7.05 Å². The van der Waals surface area contributed by atoms with Gasteiger partial charge < -0.3 is 15.4 Å². The maximum Gasteiger partial charge on any atom is 0.262 e. The highest BCUT2D eigenvalue weighted by molar-refractivity contribution is 6.30. The molecule has 0 bridgehead atoms. The van der Waals surface area contributed by atoms with Gasteiger partial charge in [0.25, 0.3) is 11.8 Å². The Morgan fingerprint density at radius 2 is 1.71 bits per heavy atom. The molecule has 7 nitrogen and oxygen atoms in total. The minimum atomic E-state index is -0.315. The number of methoxy groups -OCH3 is 1. The summed E-state index contributed by atoms with van der Waals surface area (Å²) < 4.78 is 6.98. The zero-order chi connectivity index (χ0) is 25.1. The zero-order valence-electron chi connectivity index (χ0n) is 19.5. The Morgan fingerprint density at radius 1 is 1.00 bits per heavy atom. The number of aromatic nitrogens is 1. The first-order chi connectivity index (χ1) is 16.8. The molecule has 2 N–H and O–H groups in total. The molecule has 178 valence electrons. The Labute approximate surface area is 207 Å². The van der Waals surface area contributed by atoms with E-state index in [0.717, 1.165) is 5.39 Å². The van der Waals surface area contributed by atoms with Crippen LogP contribution in [0.3, 0.4) is 0 Å². The summed E-state index contributed by atoms with van der Waals surface area (Å²) >= 11 is 5.99. The Balaban J connectivity index is 1.74. The van der Waals surface area contributed by atoms with Crippen molar-refractivity contribution in [2.24, 2.45) is 0 Å². The van der Waals surface area contributed by atoms with Gasteiger partial charge >= 0.3 is 0 Å². The Bertz CT molecular complexity index is 1440. The number of ether oxygens (including phenoxy) is 1. The third-order valence-electron chi connectivity index (χ3n) is 5.85. The van der Waals surface area contributed by atoms with Crippen molar-refractivity contribution < 1.29 is 19.1 Å². The van der Waals surface area contributed by atoms with Gasteiger partial charge in [0, 0.05) is 28.7 Å². The van der Waals surface area contributed by atoms with E-state index in [2.05, 4.69) is 10.6 Å². The zero-order valence-corrected chi connectivity index (χ0v) is 20.3. The lowest BCUT2D eigenvalue weighted by Crippen LogP contribution is -2.22. The van der Waals surface area contributed by atoms with Crippen molar-refractivity contribution in [3.05, 3.63) is 94.1 Å². The third kappa shape index (κ3) is 4.76. The lowest BCUT2D eigenvalue weighted by molar-refractivity contribution is -0.115. The lowest BCUT2D eigenvalue weighted by Gasteiger charge is -2.11. The van der Waals surface area contributed by atoms with Gasteiger partial charge in [0.15, 0.2) is 0 Å². The molecule has 0 radical (unpaired) electrons. The van der Waals surface area contributed by atoms with Crippen molar-refractivity contribution in [2.45, 2.75) is 13.3 Å². The van der Waals surface area contributed by atoms with E-state index in [-0.39, 0.29) is 24.1 Å². The monoisotopic (exact) mass is 489 g/mol. The SMILES string of the molecule is CNC(=O)c1ccccc1NC(=O)Cc1c(C)n(C(=O)c2ccc(Cl)cc2)c2ccc(OC)cc12. The predicted octanol–water partition coefficient (Wildman–Crippen LogP) is 4.84. The summed E-state index contributed by atoms with van der Waals surface area (Å²) in [5.74, 6) is -0.233. The second-order valence-electron chi connectivity index (χ2n) is 7.94. The molecule has 1 aromatic heterocycles. The van der Waals surface area contributed by atoms with Crippen molar-refractivity contribution in [1.29, 1.82) is 0 Å². The largest absolute Gasteiger partial charge is 0.497 e. The molecule has 0 spiro atoms. The Hall–Kier alpha value is -4.10. The number of hydrogen-bond acceptors (Lipinski definition) is 4. The molecule has 4 rings (SSSR count). The van der Waals surface area contributed by atoms with Crippen LogP contribution >= 0.6 is 11.6 Å². The van der Waals surface area contributed by atoms with Gasteiger partial charge in [-0.05, 0) is 67.1 Å². The van der Waals surface area contributed by atoms with Crippen molar-refractivity contribution in [2.75, 3.05) is 19.5 Å². The molecule has 35 heavy (non-hydrogen) atoms. The molecule has 8 heteroatoms. The number of anilines is 1. The first-order valence-electron chi connectivity index (χ1n) is 10.9. The minimum absolute atomic E-state index is 0.00151. The van der Waals surface area contributed by atoms with Crippen LogP contribution in [0, 0.1) is 6.92 Å². The number of carbonyl (C=O) groups excluding carboxylic acids is 3. The summed E-state index contributed by atoms with van der Waals surface area (Å²) in [6.07, 6.45) is -0.00151. The van der Waals surface area contributed by atoms with Crippen molar-refractivity contribution in [3.8, 4) is 5.75 Å². The highest BCUT2D eigenvalue weighted by Gasteiger charge is 2.22. The smallest absolute Gasteiger partial charge is 0.262 e. The fourth-order valence-corrected chi connectivity index (χ4v) is 4.20. The molecule has 0 saturated carbocycles. The molecule has 0 atom stereocenters. The van der Waals surface area contributed by atoms with E-state index in [4.69, 9.17) is 16.3 Å². The molecule has 0 fully saturated rings. The van der Waals surface area contributed by atoms with Crippen molar-refractivity contribution in [3.63, 3.8) is 0 Å². The summed E-state index contributed by atoms with van der Waals surface area (Å²) in [6, 6.07) is 18.8. The maximum atomic E-state index is 13.4. The summed E-state index contributed by atoms with van der Waals surface area (Å²) in [5, 5.41) is 6.68. The number of nitrogens with zero attached hydrogens (tertiary/aromatic N) is 1. The average Bonchev–Trinajstić information content (AvgIpc) is 3.14. The number of hydrogen-bond donors (Lipinski definition) is 2. The highest BCUT2D eigenvalue weighted by atomic mass is 35.5. The van der Waals surface area contributed by atoms with E-state index in [1.54, 1.807) is 79.3 Å². The van der Waals surface area contributed by atoms with Crippen LogP contribution < -0.4 is 15.4 Å². The molecule has 3 aromatic carbocycles. The molecule has 0 aliphatic heterocycles. The van der Waals surface area contributed by atoms with Gasteiger partial charge in [-0.15, -0.1) is 0 Å². The second kappa shape index (κ2) is 10.0. The van der Waals surface area contributed by atoms with E-state index in [1.807, 2.05) is 6.07 Å². The van der Waals surface area contributed by atoms with Crippen LogP contribution in [0.2, 0.25) is 5.02 Å². The van der Waals surface area contributed by atoms with Crippen LogP contribution in [-0.4, -0.2) is 36.4 Å². The number of rotatable bonds is 6. The average molecular weight is 490 g/mol. The Kier molecular flexibility index (Phi) is 6.89. The molecule has 0 aliphatic carbocycles. The molecule has 0 unspecified atom stereocenters. The number of para-hydroxylation sites is 1. The predicted molar refractivity (Wildman–Crippen MR) is 137 cm³/mol. The number of fused-ring (bicyclic) bond motifs is 1. The maximum absolute atomic E-state index is 13.4. The van der Waals surface area contributed by atoms with E-state index in [9.17, 15) is 14.4 Å². The van der Waals surface area contributed by atoms with Gasteiger partial charge in [-0.3, -0.25) is 19.0 Å². The second-order valence-corrected chi connectivity index (χ2v) is 8.38. The van der Waals surface area contributed by atoms with Gasteiger partial charge in [0.2, 0.25) is 5.91 Å². The molecule has 4 aromatic rings. The number of halogens is 1. The standard InChI is InChI=1S/C27H24ClN3O4/c1-16-21(15-25(32)30-23-7-5-4-6-20(23)26(33)29-2)22-14-19(35-3)12-13-24(22)31(16)27(34)17-8-10-18(28)11-9-17/h4-14H,15H2,1-3H3,(H,29,33)(H,30,32). The summed E-state index contributed by atoms with van der Waals surface area (Å²) in [6.45, 7) is 1.81. The highest BCUT2D eigenvalue weighted by Crippen LogP contribution is 2.31. The van der Waals surface area contributed by atoms with Crippen molar-refractivity contribution >= 4 is 45.9 Å². The van der Waals surface area contributed by atoms with E-state index < -0.39 is 0 Å². The van der Waals surface area contributed by atoms with Crippen LogP contribution in [0.1, 0.15) is 32.0 Å². The van der Waals surface area contributed by atoms with Gasteiger partial charge in [-0.1, -0.05) is 23.7 Å². The van der Waals surface area contributed by atoms with Crippen LogP contribution in [-0.2, 0) is 11.2 Å². The molecule has 1 heterocycles. The fraction of sp³-hybridized carbons (Fsp3) is 0.148. The quantitative estimate of drug-likeness (QED) is 0.405. The fourth-order valence-electron chi connectivity index (χ4n) is 4.08. The number of amides is 2. The van der Waals surface area contributed by atoms with Crippen molar-refractivity contribution in [1.82, 2.24) is 9.88 Å². The lowest BCUT2D eigenvalue weighted by atomic mass is 10.1. The molecule has 2 amide bonds. The Morgan fingerprint density at radius 3 is 2.40 bits per heavy atom. The molecular weight excluding hydrogens is 466 g/mol. The van der Waals surface area contributed by atoms with Crippen LogP contribution in [0.25, 0.3) is 10.9 Å². The van der Waals surface area contributed by atoms with E-state index in [0.29, 0.717) is 44.4 Å². The first-order valence-corrected chi connectivity index (χ1v) is 11.3. The van der Waals surface area contributed by atoms with Crippen LogP contribution in [0.15, 0.2) is 66.7 Å². The van der Waals surface area contributed by atoms with E-state index >= 15 is 0 Å². The summed E-state index contributed by atoms with van der Waals surface area (Å²) in [5.41, 5.74) is 3.24. The van der Waals surface area contributed by atoms with Gasteiger partial charge in [-0.2, -0.15) is 0 Å². The minimum Gasteiger partial charge on any atom is -0.497 e. The third-order valence-corrected chi connectivity index (χ3v) is 6.10. The summed E-state index contributed by atoms with van der Waals surface area (Å²) in [7, 11) is 3.09. The van der Waals surface area contributed by atoms with Gasteiger partial charge in [0.1, 0.15) is 5.75 Å². The number of carbonyl (C=O) groups is 3. The number of nitrogens with one attached hydrogen (secondary N) is 2. The van der Waals surface area contributed by atoms with Gasteiger partial charge in [0.05, 0.1) is 30.3 Å². The molecular formula is C27H24ClN3O4. The molecule has 0 aliphatic rings. The molecule has 0 saturated heterocycles.